The summed E-state index contributed by atoms with van der Waals surface area (Å²) in [5.74, 6) is 0. The van der Waals surface area contributed by atoms with E-state index in [4.69, 9.17) is 4.74 Å². The van der Waals surface area contributed by atoms with Gasteiger partial charge < -0.3 is 20.3 Å². The maximum atomic E-state index is 12.0. The SMILES string of the molecule is CO[C@@H](C)[C@H](C)NC(=O)Nc1cccc(N(C)C(C)C)c1. The lowest BCUT2D eigenvalue weighted by atomic mass is 10.2. The number of anilines is 2. The van der Waals surface area contributed by atoms with Gasteiger partial charge in [-0.2, -0.15) is 0 Å². The molecule has 0 saturated carbocycles. The first-order valence-corrected chi connectivity index (χ1v) is 7.28. The number of benzene rings is 1. The molecule has 0 radical (unpaired) electrons. The van der Waals surface area contributed by atoms with Crippen LogP contribution in [0.15, 0.2) is 24.3 Å². The van der Waals surface area contributed by atoms with Crippen LogP contribution in [0.4, 0.5) is 16.2 Å². The Morgan fingerprint density at radius 2 is 1.90 bits per heavy atom. The highest BCUT2D eigenvalue weighted by Gasteiger charge is 2.14. The van der Waals surface area contributed by atoms with Crippen LogP contribution in [-0.4, -0.2) is 38.4 Å². The van der Waals surface area contributed by atoms with Gasteiger partial charge in [0.1, 0.15) is 0 Å². The molecule has 0 aliphatic rings. The lowest BCUT2D eigenvalue weighted by Crippen LogP contribution is -2.42. The summed E-state index contributed by atoms with van der Waals surface area (Å²) >= 11 is 0. The number of amides is 2. The summed E-state index contributed by atoms with van der Waals surface area (Å²) in [6.45, 7) is 8.08. The number of rotatable bonds is 6. The average molecular weight is 293 g/mol. The molecular formula is C16H27N3O2. The second-order valence-electron chi connectivity index (χ2n) is 5.58. The lowest BCUT2D eigenvalue weighted by Gasteiger charge is -2.24. The van der Waals surface area contributed by atoms with Crippen molar-refractivity contribution in [2.24, 2.45) is 0 Å². The monoisotopic (exact) mass is 293 g/mol. The van der Waals surface area contributed by atoms with E-state index in [9.17, 15) is 4.79 Å². The molecule has 1 rings (SSSR count). The zero-order valence-electron chi connectivity index (χ0n) is 13.8. The second-order valence-corrected chi connectivity index (χ2v) is 5.58. The first kappa shape index (κ1) is 17.3. The third-order valence-electron chi connectivity index (χ3n) is 3.72. The predicted molar refractivity (Wildman–Crippen MR) is 88.1 cm³/mol. The third kappa shape index (κ3) is 5.27. The Balaban J connectivity index is 2.66. The largest absolute Gasteiger partial charge is 0.380 e. The smallest absolute Gasteiger partial charge is 0.319 e. The van der Waals surface area contributed by atoms with Gasteiger partial charge in [0, 0.05) is 31.6 Å². The quantitative estimate of drug-likeness (QED) is 0.847. The Kier molecular flexibility index (Phi) is 6.49. The number of hydrogen-bond donors (Lipinski definition) is 2. The minimum absolute atomic E-state index is 0.0332. The van der Waals surface area contributed by atoms with Crippen molar-refractivity contribution in [3.05, 3.63) is 24.3 Å². The van der Waals surface area contributed by atoms with Crippen molar-refractivity contribution in [2.75, 3.05) is 24.4 Å². The molecule has 0 heterocycles. The van der Waals surface area contributed by atoms with Crippen LogP contribution in [0.5, 0.6) is 0 Å². The molecule has 118 valence electrons. The highest BCUT2D eigenvalue weighted by atomic mass is 16.5. The number of carbonyl (C=O) groups is 1. The van der Waals surface area contributed by atoms with Gasteiger partial charge in [0.25, 0.3) is 0 Å². The van der Waals surface area contributed by atoms with E-state index < -0.39 is 0 Å². The molecule has 0 spiro atoms. The van der Waals surface area contributed by atoms with E-state index in [1.165, 1.54) is 0 Å². The summed E-state index contributed by atoms with van der Waals surface area (Å²) in [6, 6.07) is 7.92. The molecule has 0 unspecified atom stereocenters. The Bertz CT molecular complexity index is 463. The maximum Gasteiger partial charge on any atom is 0.319 e. The van der Waals surface area contributed by atoms with Crippen LogP contribution >= 0.6 is 0 Å². The van der Waals surface area contributed by atoms with E-state index >= 15 is 0 Å². The van der Waals surface area contributed by atoms with Gasteiger partial charge in [-0.15, -0.1) is 0 Å². The standard InChI is InChI=1S/C16H27N3O2/c1-11(2)19(5)15-9-7-8-14(10-15)18-16(20)17-12(3)13(4)21-6/h7-13H,1-6H3,(H2,17,18,20)/t12-,13-/m0/s1. The maximum absolute atomic E-state index is 12.0. The summed E-state index contributed by atoms with van der Waals surface area (Å²) in [7, 11) is 3.66. The molecule has 0 aromatic heterocycles. The number of nitrogens with zero attached hydrogens (tertiary/aromatic N) is 1. The van der Waals surface area contributed by atoms with Gasteiger partial charge >= 0.3 is 6.03 Å². The minimum Gasteiger partial charge on any atom is -0.380 e. The van der Waals surface area contributed by atoms with Gasteiger partial charge in [-0.05, 0) is 45.9 Å². The van der Waals surface area contributed by atoms with E-state index in [1.54, 1.807) is 7.11 Å². The number of urea groups is 1. The summed E-state index contributed by atoms with van der Waals surface area (Å²) in [6.07, 6.45) is -0.0332. The van der Waals surface area contributed by atoms with Crippen LogP contribution in [-0.2, 0) is 4.74 Å². The molecular weight excluding hydrogens is 266 g/mol. The molecule has 2 amide bonds. The van der Waals surface area contributed by atoms with Gasteiger partial charge in [0.15, 0.2) is 0 Å². The summed E-state index contributed by atoms with van der Waals surface area (Å²) in [5, 5.41) is 5.72. The fraction of sp³-hybridized carbons (Fsp3) is 0.562. The Labute approximate surface area is 127 Å². The van der Waals surface area contributed by atoms with E-state index in [2.05, 4.69) is 29.4 Å². The van der Waals surface area contributed by atoms with Crippen molar-refractivity contribution >= 4 is 17.4 Å². The van der Waals surface area contributed by atoms with Gasteiger partial charge in [0.05, 0.1) is 12.1 Å². The number of methoxy groups -OCH3 is 1. The van der Waals surface area contributed by atoms with E-state index in [0.717, 1.165) is 11.4 Å². The average Bonchev–Trinajstić information content (AvgIpc) is 2.45. The molecule has 0 saturated heterocycles. The van der Waals surface area contributed by atoms with Crippen LogP contribution in [0.3, 0.4) is 0 Å². The zero-order valence-corrected chi connectivity index (χ0v) is 13.8. The van der Waals surface area contributed by atoms with Gasteiger partial charge in [-0.3, -0.25) is 0 Å². The normalized spacial score (nSPS) is 13.7. The van der Waals surface area contributed by atoms with E-state index in [1.807, 2.05) is 45.2 Å². The molecule has 1 aromatic carbocycles. The first-order valence-electron chi connectivity index (χ1n) is 7.28. The molecule has 0 bridgehead atoms. The molecule has 0 aliphatic heterocycles. The Hall–Kier alpha value is -1.75. The highest BCUT2D eigenvalue weighted by molar-refractivity contribution is 5.90. The van der Waals surface area contributed by atoms with Gasteiger partial charge in [-0.25, -0.2) is 4.79 Å². The van der Waals surface area contributed by atoms with Crippen LogP contribution < -0.4 is 15.5 Å². The summed E-state index contributed by atoms with van der Waals surface area (Å²) < 4.78 is 5.19. The molecule has 0 fully saturated rings. The molecule has 0 aliphatic carbocycles. The van der Waals surface area contributed by atoms with Gasteiger partial charge in [0.2, 0.25) is 0 Å². The van der Waals surface area contributed by atoms with E-state index in [-0.39, 0.29) is 18.2 Å². The second kappa shape index (κ2) is 7.88. The van der Waals surface area contributed by atoms with Crippen molar-refractivity contribution in [1.82, 2.24) is 5.32 Å². The minimum atomic E-state index is -0.226. The van der Waals surface area contributed by atoms with Crippen LogP contribution in [0.25, 0.3) is 0 Å². The predicted octanol–water partition coefficient (Wildman–Crippen LogP) is 3.08. The van der Waals surface area contributed by atoms with Crippen LogP contribution in [0, 0.1) is 0 Å². The Morgan fingerprint density at radius 1 is 1.24 bits per heavy atom. The third-order valence-corrected chi connectivity index (χ3v) is 3.72. The zero-order chi connectivity index (χ0) is 16.0. The van der Waals surface area contributed by atoms with Crippen molar-refractivity contribution in [3.63, 3.8) is 0 Å². The fourth-order valence-corrected chi connectivity index (χ4v) is 1.80. The van der Waals surface area contributed by atoms with Crippen LogP contribution in [0.1, 0.15) is 27.7 Å². The topological polar surface area (TPSA) is 53.6 Å². The molecule has 2 N–H and O–H groups in total. The number of carbonyl (C=O) groups excluding carboxylic acids is 1. The fourth-order valence-electron chi connectivity index (χ4n) is 1.80. The molecule has 5 nitrogen and oxygen atoms in total. The van der Waals surface area contributed by atoms with Crippen molar-refractivity contribution in [2.45, 2.75) is 45.9 Å². The lowest BCUT2D eigenvalue weighted by molar-refractivity contribution is 0.0920. The number of nitrogens with one attached hydrogen (secondary N) is 2. The first-order chi connectivity index (χ1) is 9.85. The summed E-state index contributed by atoms with van der Waals surface area (Å²) in [4.78, 5) is 14.1. The summed E-state index contributed by atoms with van der Waals surface area (Å²) in [5.41, 5.74) is 1.84. The molecule has 1 aromatic rings. The molecule has 21 heavy (non-hydrogen) atoms. The van der Waals surface area contributed by atoms with Crippen molar-refractivity contribution < 1.29 is 9.53 Å². The van der Waals surface area contributed by atoms with E-state index in [0.29, 0.717) is 6.04 Å². The van der Waals surface area contributed by atoms with Gasteiger partial charge in [-0.1, -0.05) is 6.07 Å². The van der Waals surface area contributed by atoms with Crippen molar-refractivity contribution in [3.8, 4) is 0 Å². The number of ether oxygens (including phenoxy) is 1. The molecule has 5 heteroatoms. The number of hydrogen-bond acceptors (Lipinski definition) is 3. The Morgan fingerprint density at radius 3 is 2.48 bits per heavy atom. The molecule has 2 atom stereocenters. The van der Waals surface area contributed by atoms with Crippen LogP contribution in [0.2, 0.25) is 0 Å². The highest BCUT2D eigenvalue weighted by Crippen LogP contribution is 2.20. The van der Waals surface area contributed by atoms with Crippen molar-refractivity contribution in [1.29, 1.82) is 0 Å².